The van der Waals surface area contributed by atoms with Gasteiger partial charge in [0.1, 0.15) is 12.4 Å². The Balaban J connectivity index is 1.58. The van der Waals surface area contributed by atoms with E-state index in [2.05, 4.69) is 165 Å². The van der Waals surface area contributed by atoms with E-state index in [-0.39, 0.29) is 10.9 Å². The second-order valence-corrected chi connectivity index (χ2v) is 11.9. The summed E-state index contributed by atoms with van der Waals surface area (Å²) in [5.41, 5.74) is 1.25. The predicted octanol–water partition coefficient (Wildman–Crippen LogP) is 8.17. The normalized spacial score (nSPS) is 10.9. The van der Waals surface area contributed by atoms with E-state index in [1.807, 2.05) is 0 Å². The van der Waals surface area contributed by atoms with Gasteiger partial charge in [0.2, 0.25) is 0 Å². The topological polar surface area (TPSA) is 9.23 Å². The van der Waals surface area contributed by atoms with E-state index < -0.39 is 0 Å². The van der Waals surface area contributed by atoms with Crippen molar-refractivity contribution in [3.8, 4) is 5.75 Å². The van der Waals surface area contributed by atoms with Crippen molar-refractivity contribution >= 4 is 78.7 Å². The summed E-state index contributed by atoms with van der Waals surface area (Å²) in [7, 11) is -0.132. The molecule has 0 unspecified atom stereocenters. The van der Waals surface area contributed by atoms with Crippen molar-refractivity contribution in [1.29, 1.82) is 0 Å². The van der Waals surface area contributed by atoms with Crippen molar-refractivity contribution in [2.45, 2.75) is 21.3 Å². The van der Waals surface area contributed by atoms with Gasteiger partial charge in [-0.05, 0) is 128 Å². The maximum Gasteiger partial charge on any atom is 0.166 e. The van der Waals surface area contributed by atoms with E-state index in [4.69, 9.17) is 4.74 Å². The molecule has 1 nitrogen and oxygen atoms in total. The van der Waals surface area contributed by atoms with Crippen LogP contribution in [0.15, 0.2) is 112 Å². The van der Waals surface area contributed by atoms with Gasteiger partial charge in [-0.1, -0.05) is 36.4 Å². The van der Waals surface area contributed by atoms with Crippen LogP contribution in [0.5, 0.6) is 5.75 Å². The van der Waals surface area contributed by atoms with E-state index in [0.29, 0.717) is 6.61 Å². The van der Waals surface area contributed by atoms with Crippen LogP contribution in [-0.2, 0) is 17.5 Å². The number of hydrogen-bond donors (Lipinski definition) is 0. The zero-order valence-corrected chi connectivity index (χ0v) is 23.2. The van der Waals surface area contributed by atoms with Gasteiger partial charge >= 0.3 is 0 Å². The molecule has 0 amide bonds. The monoisotopic (exact) mass is 747 g/mol. The fourth-order valence-corrected chi connectivity index (χ4v) is 7.39. The van der Waals surface area contributed by atoms with Gasteiger partial charge in [-0.3, -0.25) is 0 Å². The summed E-state index contributed by atoms with van der Waals surface area (Å²) in [4.78, 5) is 3.93. The quantitative estimate of drug-likeness (QED) is 0.110. The number of benzene rings is 4. The minimum absolute atomic E-state index is 0.132. The maximum atomic E-state index is 6.15. The van der Waals surface area contributed by atoms with E-state index in [0.717, 1.165) is 5.75 Å². The minimum Gasteiger partial charge on any atom is -0.489 e. The molecule has 4 aromatic carbocycles. The van der Waals surface area contributed by atoms with Gasteiger partial charge in [0.05, 0.1) is 10.9 Å². The fourth-order valence-electron chi connectivity index (χ4n) is 3.05. The third-order valence-electron chi connectivity index (χ3n) is 4.54. The first kappa shape index (κ1) is 22.4. The molecule has 30 heavy (non-hydrogen) atoms. The molecule has 0 heterocycles. The van der Waals surface area contributed by atoms with E-state index in [1.165, 1.54) is 31.0 Å². The molecule has 0 aliphatic carbocycles. The molecule has 0 saturated heterocycles. The van der Waals surface area contributed by atoms with Crippen molar-refractivity contribution in [1.82, 2.24) is 0 Å². The van der Waals surface area contributed by atoms with Gasteiger partial charge in [-0.2, -0.15) is 0 Å². The molecule has 0 spiro atoms. The van der Waals surface area contributed by atoms with Crippen LogP contribution in [-0.4, -0.2) is 0 Å². The van der Waals surface area contributed by atoms with Crippen molar-refractivity contribution in [2.24, 2.45) is 0 Å². The van der Waals surface area contributed by atoms with Gasteiger partial charge in [-0.25, -0.2) is 0 Å². The first-order chi connectivity index (χ1) is 14.6. The summed E-state index contributed by atoms with van der Waals surface area (Å²) in [6, 6.07) is 34.3. The summed E-state index contributed by atoms with van der Waals surface area (Å²) in [5.74, 6) is 0.897. The summed E-state index contributed by atoms with van der Waals surface area (Å²) in [6.07, 6.45) is 0. The lowest BCUT2D eigenvalue weighted by atomic mass is 10.2. The van der Waals surface area contributed by atoms with Gasteiger partial charge < -0.3 is 4.74 Å². The van der Waals surface area contributed by atoms with Crippen molar-refractivity contribution < 1.29 is 4.74 Å². The van der Waals surface area contributed by atoms with E-state index in [1.54, 1.807) is 0 Å². The molecule has 5 heteroatoms. The van der Waals surface area contributed by atoms with Crippen molar-refractivity contribution in [2.75, 3.05) is 0 Å². The number of ether oxygens (including phenoxy) is 1. The van der Waals surface area contributed by atoms with Crippen LogP contribution in [0, 0.1) is 10.7 Å². The first-order valence-electron chi connectivity index (χ1n) is 9.33. The van der Waals surface area contributed by atoms with E-state index in [9.17, 15) is 0 Å². The molecule has 150 valence electrons. The van der Waals surface area contributed by atoms with E-state index >= 15 is 0 Å². The Morgan fingerprint density at radius 2 is 1.07 bits per heavy atom. The minimum atomic E-state index is -0.132. The molecule has 0 atom stereocenters. The highest BCUT2D eigenvalue weighted by molar-refractivity contribution is 14.1. The van der Waals surface area contributed by atoms with Gasteiger partial charge in [0.25, 0.3) is 0 Å². The summed E-state index contributed by atoms with van der Waals surface area (Å²) < 4.78 is 9.92. The largest absolute Gasteiger partial charge is 0.489 e. The predicted molar refractivity (Wildman–Crippen MR) is 150 cm³/mol. The standard InChI is InChI=1S/C25H18I3OS/c26-23-15-16-24(27)25(28)22(23)17-29-18-11-13-21(14-12-18)30(19-7-3-1-4-8-19)20-9-5-2-6-10-20/h1-16H,17H2/q+1. The lowest BCUT2D eigenvalue weighted by molar-refractivity contribution is 0.304. The molecule has 0 aliphatic rings. The summed E-state index contributed by atoms with van der Waals surface area (Å²) in [5, 5.41) is 0. The highest BCUT2D eigenvalue weighted by Gasteiger charge is 2.28. The Labute approximate surface area is 221 Å². The lowest BCUT2D eigenvalue weighted by Crippen LogP contribution is -2.05. The molecular weight excluding hydrogens is 729 g/mol. The van der Waals surface area contributed by atoms with Crippen LogP contribution in [0.3, 0.4) is 0 Å². The molecular formula is C25H18I3OS+. The average Bonchev–Trinajstić information content (AvgIpc) is 2.79. The van der Waals surface area contributed by atoms with Crippen LogP contribution < -0.4 is 4.74 Å². The first-order valence-corrected chi connectivity index (χ1v) is 13.8. The summed E-state index contributed by atoms with van der Waals surface area (Å²) >= 11 is 7.17. The lowest BCUT2D eigenvalue weighted by Gasteiger charge is -2.12. The van der Waals surface area contributed by atoms with Crippen LogP contribution in [0.4, 0.5) is 0 Å². The molecule has 0 fully saturated rings. The Morgan fingerprint density at radius 1 is 0.567 bits per heavy atom. The Hall–Kier alpha value is -0.780. The van der Waals surface area contributed by atoms with Crippen LogP contribution >= 0.6 is 67.8 Å². The molecule has 0 saturated carbocycles. The highest BCUT2D eigenvalue weighted by atomic mass is 127. The molecule has 0 bridgehead atoms. The highest BCUT2D eigenvalue weighted by Crippen LogP contribution is 2.32. The Bertz CT molecular complexity index is 1080. The fraction of sp³-hybridized carbons (Fsp3) is 0.0400. The Kier molecular flexibility index (Phi) is 7.99. The second kappa shape index (κ2) is 10.7. The van der Waals surface area contributed by atoms with Gasteiger partial charge in [0.15, 0.2) is 14.7 Å². The number of hydrogen-bond acceptors (Lipinski definition) is 1. The molecule has 0 aromatic heterocycles. The maximum absolute atomic E-state index is 6.15. The number of halogens is 3. The average molecular weight is 747 g/mol. The van der Waals surface area contributed by atoms with Crippen LogP contribution in [0.1, 0.15) is 5.56 Å². The van der Waals surface area contributed by atoms with Crippen molar-refractivity contribution in [3.63, 3.8) is 0 Å². The molecule has 0 N–H and O–H groups in total. The molecule has 0 radical (unpaired) electrons. The second-order valence-electron chi connectivity index (χ2n) is 6.51. The zero-order valence-electron chi connectivity index (χ0n) is 15.9. The molecule has 4 rings (SSSR count). The van der Waals surface area contributed by atoms with Crippen molar-refractivity contribution in [3.05, 3.63) is 113 Å². The third-order valence-corrected chi connectivity index (χ3v) is 10.9. The third kappa shape index (κ3) is 5.34. The zero-order chi connectivity index (χ0) is 20.9. The van der Waals surface area contributed by atoms with Gasteiger partial charge in [-0.15, -0.1) is 0 Å². The summed E-state index contributed by atoms with van der Waals surface area (Å²) in [6.45, 7) is 0.579. The smallest absolute Gasteiger partial charge is 0.166 e. The molecule has 4 aromatic rings. The number of rotatable bonds is 6. The van der Waals surface area contributed by atoms with Crippen LogP contribution in [0.2, 0.25) is 0 Å². The molecule has 0 aliphatic heterocycles. The Morgan fingerprint density at radius 3 is 1.63 bits per heavy atom. The van der Waals surface area contributed by atoms with Crippen LogP contribution in [0.25, 0.3) is 0 Å². The van der Waals surface area contributed by atoms with Gasteiger partial charge in [0, 0.05) is 16.3 Å². The SMILES string of the molecule is Ic1ccc(I)c(COc2ccc([S+](c3ccccc3)c3ccccc3)cc2)c1I.